The molecule has 0 unspecified atom stereocenters. The van der Waals surface area contributed by atoms with Crippen LogP contribution in [-0.2, 0) is 4.79 Å². The summed E-state index contributed by atoms with van der Waals surface area (Å²) in [5.74, 6) is -3.12. The van der Waals surface area contributed by atoms with Crippen LogP contribution < -0.4 is 11.1 Å². The van der Waals surface area contributed by atoms with Crippen LogP contribution in [-0.4, -0.2) is 17.9 Å². The Morgan fingerprint density at radius 2 is 1.86 bits per heavy atom. The topological polar surface area (TPSA) is 72.2 Å². The van der Waals surface area contributed by atoms with E-state index in [-0.39, 0.29) is 11.5 Å². The molecular formula is C15H18F2N2O2. The normalized spacial score (nSPS) is 17.2. The summed E-state index contributed by atoms with van der Waals surface area (Å²) in [5, 5.41) is 2.49. The molecule has 0 aromatic heterocycles. The van der Waals surface area contributed by atoms with Crippen LogP contribution in [0.3, 0.4) is 0 Å². The van der Waals surface area contributed by atoms with Gasteiger partial charge in [-0.05, 0) is 30.9 Å². The lowest BCUT2D eigenvalue weighted by Crippen LogP contribution is -2.49. The van der Waals surface area contributed by atoms with Crippen LogP contribution in [0.5, 0.6) is 0 Å². The molecule has 1 saturated carbocycles. The predicted molar refractivity (Wildman–Crippen MR) is 73.4 cm³/mol. The van der Waals surface area contributed by atoms with E-state index in [1.54, 1.807) is 0 Å². The van der Waals surface area contributed by atoms with E-state index in [9.17, 15) is 18.4 Å². The van der Waals surface area contributed by atoms with Gasteiger partial charge in [0.25, 0.3) is 5.91 Å². The van der Waals surface area contributed by atoms with Crippen molar-refractivity contribution < 1.29 is 18.4 Å². The summed E-state index contributed by atoms with van der Waals surface area (Å²) in [5.41, 5.74) is 5.06. The van der Waals surface area contributed by atoms with Crippen molar-refractivity contribution >= 4 is 11.8 Å². The number of halogens is 2. The molecular weight excluding hydrogens is 278 g/mol. The molecule has 0 radical (unpaired) electrons. The fraction of sp³-hybridized carbons (Fsp3) is 0.467. The summed E-state index contributed by atoms with van der Waals surface area (Å²) >= 11 is 0. The maximum Gasteiger partial charge on any atom is 0.254 e. The van der Waals surface area contributed by atoms with Crippen molar-refractivity contribution in [3.63, 3.8) is 0 Å². The van der Waals surface area contributed by atoms with Crippen molar-refractivity contribution in [2.45, 2.75) is 38.1 Å². The second kappa shape index (κ2) is 6.65. The lowest BCUT2D eigenvalue weighted by molar-refractivity contribution is -0.121. The zero-order valence-electron chi connectivity index (χ0n) is 11.6. The molecule has 6 heteroatoms. The Bertz CT molecular complexity index is 542. The van der Waals surface area contributed by atoms with Gasteiger partial charge in [-0.2, -0.15) is 0 Å². The van der Waals surface area contributed by atoms with Crippen LogP contribution in [0.2, 0.25) is 0 Å². The fourth-order valence-corrected chi connectivity index (χ4v) is 2.78. The first-order chi connectivity index (χ1) is 9.99. The third-order valence-electron chi connectivity index (χ3n) is 3.89. The largest absolute Gasteiger partial charge is 0.368 e. The Morgan fingerprint density at radius 3 is 2.43 bits per heavy atom. The Labute approximate surface area is 121 Å². The molecule has 2 amide bonds. The Hall–Kier alpha value is -1.98. The van der Waals surface area contributed by atoms with Gasteiger partial charge < -0.3 is 11.1 Å². The molecule has 4 nitrogen and oxygen atoms in total. The lowest BCUT2D eigenvalue weighted by Gasteiger charge is -2.28. The zero-order valence-corrected chi connectivity index (χ0v) is 11.6. The summed E-state index contributed by atoms with van der Waals surface area (Å²) in [6.45, 7) is 0. The van der Waals surface area contributed by atoms with Gasteiger partial charge in [0.1, 0.15) is 17.7 Å². The number of nitrogens with one attached hydrogen (secondary N) is 1. The molecule has 1 aromatic rings. The van der Waals surface area contributed by atoms with Gasteiger partial charge in [0, 0.05) is 6.07 Å². The average molecular weight is 296 g/mol. The summed E-state index contributed by atoms with van der Waals surface area (Å²) in [6, 6.07) is 1.87. The molecule has 1 atom stereocenters. The van der Waals surface area contributed by atoms with Gasteiger partial charge in [0.15, 0.2) is 0 Å². The molecule has 0 heterocycles. The first kappa shape index (κ1) is 15.4. The molecule has 2 rings (SSSR count). The highest BCUT2D eigenvalue weighted by molar-refractivity contribution is 5.97. The van der Waals surface area contributed by atoms with Gasteiger partial charge in [-0.25, -0.2) is 8.78 Å². The summed E-state index contributed by atoms with van der Waals surface area (Å²) in [4.78, 5) is 23.6. The molecule has 0 bridgehead atoms. The molecule has 21 heavy (non-hydrogen) atoms. The van der Waals surface area contributed by atoms with E-state index in [2.05, 4.69) is 5.32 Å². The molecule has 1 aromatic carbocycles. The van der Waals surface area contributed by atoms with Crippen LogP contribution in [0.25, 0.3) is 0 Å². The number of nitrogens with two attached hydrogens (primary N) is 1. The standard InChI is InChI=1S/C15H18F2N2O2/c16-10-6-7-11(12(17)8-10)15(21)19-13(14(18)20)9-4-2-1-3-5-9/h6-9,13H,1-5H2,(H2,18,20)(H,19,21)/t13-/m0/s1. The maximum absolute atomic E-state index is 13.6. The van der Waals surface area contributed by atoms with Crippen LogP contribution in [0, 0.1) is 17.6 Å². The maximum atomic E-state index is 13.6. The van der Waals surface area contributed by atoms with E-state index in [1.165, 1.54) is 0 Å². The monoisotopic (exact) mass is 296 g/mol. The Morgan fingerprint density at radius 1 is 1.19 bits per heavy atom. The number of primary amides is 1. The molecule has 0 spiro atoms. The van der Waals surface area contributed by atoms with E-state index in [0.29, 0.717) is 6.07 Å². The molecule has 1 aliphatic rings. The van der Waals surface area contributed by atoms with Crippen molar-refractivity contribution in [2.75, 3.05) is 0 Å². The Kier molecular flexibility index (Phi) is 4.88. The van der Waals surface area contributed by atoms with Crippen LogP contribution in [0.15, 0.2) is 18.2 Å². The predicted octanol–water partition coefficient (Wildman–Crippen LogP) is 2.13. The Balaban J connectivity index is 2.12. The second-order valence-electron chi connectivity index (χ2n) is 5.38. The average Bonchev–Trinajstić information content (AvgIpc) is 2.45. The van der Waals surface area contributed by atoms with Gasteiger partial charge in [-0.1, -0.05) is 19.3 Å². The van der Waals surface area contributed by atoms with E-state index in [0.717, 1.165) is 44.2 Å². The summed E-state index contributed by atoms with van der Waals surface area (Å²) in [6.07, 6.45) is 4.67. The number of benzene rings is 1. The van der Waals surface area contributed by atoms with Crippen molar-refractivity contribution in [1.29, 1.82) is 0 Å². The van der Waals surface area contributed by atoms with E-state index >= 15 is 0 Å². The van der Waals surface area contributed by atoms with E-state index in [1.807, 2.05) is 0 Å². The highest BCUT2D eigenvalue weighted by atomic mass is 19.1. The zero-order chi connectivity index (χ0) is 15.4. The summed E-state index contributed by atoms with van der Waals surface area (Å²) < 4.78 is 26.4. The third-order valence-corrected chi connectivity index (χ3v) is 3.89. The lowest BCUT2D eigenvalue weighted by atomic mass is 9.83. The molecule has 1 aliphatic carbocycles. The number of amides is 2. The van der Waals surface area contributed by atoms with Gasteiger partial charge in [-0.15, -0.1) is 0 Å². The highest BCUT2D eigenvalue weighted by Crippen LogP contribution is 2.26. The molecule has 0 saturated heterocycles. The minimum Gasteiger partial charge on any atom is -0.368 e. The molecule has 1 fully saturated rings. The van der Waals surface area contributed by atoms with Crippen molar-refractivity contribution in [3.8, 4) is 0 Å². The smallest absolute Gasteiger partial charge is 0.254 e. The minimum absolute atomic E-state index is 0.0243. The van der Waals surface area contributed by atoms with Crippen LogP contribution in [0.4, 0.5) is 8.78 Å². The first-order valence-electron chi connectivity index (χ1n) is 7.04. The van der Waals surface area contributed by atoms with Gasteiger partial charge in [0.05, 0.1) is 5.56 Å². The highest BCUT2D eigenvalue weighted by Gasteiger charge is 2.30. The minimum atomic E-state index is -0.959. The second-order valence-corrected chi connectivity index (χ2v) is 5.38. The van der Waals surface area contributed by atoms with E-state index < -0.39 is 29.5 Å². The van der Waals surface area contributed by atoms with Crippen molar-refractivity contribution in [2.24, 2.45) is 11.7 Å². The van der Waals surface area contributed by atoms with Gasteiger partial charge >= 0.3 is 0 Å². The van der Waals surface area contributed by atoms with Crippen LogP contribution in [0.1, 0.15) is 42.5 Å². The third kappa shape index (κ3) is 3.77. The van der Waals surface area contributed by atoms with Crippen LogP contribution >= 0.6 is 0 Å². The number of hydrogen-bond acceptors (Lipinski definition) is 2. The number of carbonyl (C=O) groups excluding carboxylic acids is 2. The van der Waals surface area contributed by atoms with Gasteiger partial charge in [0.2, 0.25) is 5.91 Å². The van der Waals surface area contributed by atoms with E-state index in [4.69, 9.17) is 5.73 Å². The first-order valence-corrected chi connectivity index (χ1v) is 7.04. The number of rotatable bonds is 4. The number of carbonyl (C=O) groups is 2. The van der Waals surface area contributed by atoms with Gasteiger partial charge in [-0.3, -0.25) is 9.59 Å². The number of hydrogen-bond donors (Lipinski definition) is 2. The summed E-state index contributed by atoms with van der Waals surface area (Å²) in [7, 11) is 0. The fourth-order valence-electron chi connectivity index (χ4n) is 2.78. The molecule has 3 N–H and O–H groups in total. The van der Waals surface area contributed by atoms with Crippen molar-refractivity contribution in [3.05, 3.63) is 35.4 Å². The quantitative estimate of drug-likeness (QED) is 0.893. The SMILES string of the molecule is NC(=O)[C@@H](NC(=O)c1ccc(F)cc1F)C1CCCCC1. The molecule has 114 valence electrons. The molecule has 0 aliphatic heterocycles. The van der Waals surface area contributed by atoms with Crippen molar-refractivity contribution in [1.82, 2.24) is 5.32 Å².